The van der Waals surface area contributed by atoms with Crippen molar-refractivity contribution >= 4 is 39.0 Å². The Hall–Kier alpha value is -3.59. The number of anilines is 1. The van der Waals surface area contributed by atoms with Crippen LogP contribution in [0.15, 0.2) is 36.5 Å². The van der Waals surface area contributed by atoms with Gasteiger partial charge in [-0.15, -0.1) is 0 Å². The molecule has 0 spiro atoms. The van der Waals surface area contributed by atoms with Crippen LogP contribution in [-0.2, 0) is 38.9 Å². The van der Waals surface area contributed by atoms with E-state index in [1.807, 2.05) is 17.7 Å². The van der Waals surface area contributed by atoms with Gasteiger partial charge in [-0.25, -0.2) is 17.2 Å². The predicted octanol–water partition coefficient (Wildman–Crippen LogP) is 2.43. The fourth-order valence-electron chi connectivity index (χ4n) is 5.67. The summed E-state index contributed by atoms with van der Waals surface area (Å²) in [5.41, 5.74) is 2.64. The van der Waals surface area contributed by atoms with Gasteiger partial charge in [0.05, 0.1) is 29.1 Å². The normalized spacial score (nSPS) is 17.7. The maximum absolute atomic E-state index is 14.0. The molecule has 1 aromatic heterocycles. The zero-order valence-electron chi connectivity index (χ0n) is 24.6. The summed E-state index contributed by atoms with van der Waals surface area (Å²) in [6, 6.07) is 5.67. The Bertz CT molecular complexity index is 1570. The van der Waals surface area contributed by atoms with Crippen LogP contribution < -0.4 is 14.9 Å². The second-order valence-electron chi connectivity index (χ2n) is 10.9. The number of amides is 1. The van der Waals surface area contributed by atoms with Crippen LogP contribution in [-0.4, -0.2) is 86.3 Å². The van der Waals surface area contributed by atoms with Crippen molar-refractivity contribution in [2.24, 2.45) is 0 Å². The summed E-state index contributed by atoms with van der Waals surface area (Å²) in [7, 11) is -2.12. The van der Waals surface area contributed by atoms with Gasteiger partial charge in [0.25, 0.3) is 12.4 Å². The number of hydrogen-bond donors (Lipinski definition) is 4. The number of ether oxygens (including phenoxy) is 1. The highest BCUT2D eigenvalue weighted by Gasteiger charge is 2.30. The van der Waals surface area contributed by atoms with Crippen LogP contribution in [0.2, 0.25) is 0 Å². The number of rotatable bonds is 9. The van der Waals surface area contributed by atoms with Crippen LogP contribution in [0.5, 0.6) is 0 Å². The maximum atomic E-state index is 14.0. The Labute approximate surface area is 254 Å². The highest BCUT2D eigenvalue weighted by Crippen LogP contribution is 2.35. The summed E-state index contributed by atoms with van der Waals surface area (Å²) in [5.74, 6) is -2.09. The maximum Gasteiger partial charge on any atom is 0.290 e. The smallest absolute Gasteiger partial charge is 0.290 e. The summed E-state index contributed by atoms with van der Waals surface area (Å²) >= 11 is 0. The summed E-state index contributed by atoms with van der Waals surface area (Å²) in [6.45, 7) is 3.44. The van der Waals surface area contributed by atoms with Crippen LogP contribution in [0.1, 0.15) is 41.3 Å². The number of carbonyl (C=O) groups excluding carboxylic acids is 1. The first-order valence-corrected chi connectivity index (χ1v) is 16.0. The van der Waals surface area contributed by atoms with Crippen LogP contribution >= 0.6 is 0 Å². The van der Waals surface area contributed by atoms with Crippen LogP contribution in [0.4, 0.5) is 14.5 Å². The standard InChI is InChI=1S/C29H36F2N4O5S.CH2O2/c1-3-19-17-35-6-9-41(38,39)34(2)26-14-20(13-24(19)28(26)35)29(37)33-25(12-18-10-21(30)15-22(31)11-18)27(36)16-32-23-4-7-40-8-5-23;2-1-3/h10-11,13-15,17,23,25,27,32,36H,3-9,12,16H2,1-2H3,(H,33,37);1H,(H,2,3)/t25-,27+;/m0./s1. The van der Waals surface area contributed by atoms with Crippen molar-refractivity contribution in [2.45, 2.75) is 57.3 Å². The molecule has 3 heterocycles. The van der Waals surface area contributed by atoms with Gasteiger partial charge in [-0.05, 0) is 61.1 Å². The molecule has 4 N–H and O–H groups in total. The van der Waals surface area contributed by atoms with Gasteiger partial charge in [0, 0.05) is 62.6 Å². The van der Waals surface area contributed by atoms with Gasteiger partial charge in [0.1, 0.15) is 11.6 Å². The second kappa shape index (κ2) is 14.5. The van der Waals surface area contributed by atoms with E-state index in [1.54, 1.807) is 12.1 Å². The number of hydrogen-bond acceptors (Lipinski definition) is 7. The summed E-state index contributed by atoms with van der Waals surface area (Å²) < 4.78 is 62.2. The number of sulfonamides is 1. The number of aliphatic hydroxyl groups excluding tert-OH is 1. The molecule has 3 aromatic rings. The molecule has 1 fully saturated rings. The van der Waals surface area contributed by atoms with E-state index in [4.69, 9.17) is 14.6 Å². The molecule has 240 valence electrons. The number of aliphatic hydroxyl groups is 1. The molecule has 1 saturated heterocycles. The second-order valence-corrected chi connectivity index (χ2v) is 13.0. The molecule has 0 radical (unpaired) electrons. The fourth-order valence-corrected chi connectivity index (χ4v) is 6.81. The number of halogens is 2. The van der Waals surface area contributed by atoms with Crippen molar-refractivity contribution in [1.82, 2.24) is 15.2 Å². The number of carbonyl (C=O) groups is 2. The van der Waals surface area contributed by atoms with Gasteiger partial charge in [-0.1, -0.05) is 6.92 Å². The van der Waals surface area contributed by atoms with E-state index in [1.165, 1.54) is 23.5 Å². The molecule has 1 amide bonds. The number of carboxylic acid groups (broad SMARTS) is 1. The minimum atomic E-state index is -3.59. The first-order chi connectivity index (χ1) is 21.0. The predicted molar refractivity (Wildman–Crippen MR) is 161 cm³/mol. The Kier molecular flexibility index (Phi) is 10.9. The lowest BCUT2D eigenvalue weighted by atomic mass is 9.99. The minimum absolute atomic E-state index is 0.0169. The number of nitrogens with zero attached hydrogens (tertiary/aromatic N) is 2. The molecule has 0 bridgehead atoms. The third kappa shape index (κ3) is 7.73. The summed E-state index contributed by atoms with van der Waals surface area (Å²) in [4.78, 5) is 22.1. The topological polar surface area (TPSA) is 150 Å². The van der Waals surface area contributed by atoms with Gasteiger partial charge in [-0.3, -0.25) is 13.9 Å². The van der Waals surface area contributed by atoms with Crippen molar-refractivity contribution in [1.29, 1.82) is 0 Å². The molecule has 11 nitrogen and oxygen atoms in total. The number of benzene rings is 2. The van der Waals surface area contributed by atoms with Crippen molar-refractivity contribution in [3.05, 3.63) is 64.9 Å². The molecule has 2 aromatic carbocycles. The van der Waals surface area contributed by atoms with Crippen LogP contribution in [0, 0.1) is 11.6 Å². The molecule has 2 atom stereocenters. The van der Waals surface area contributed by atoms with E-state index in [-0.39, 0.29) is 42.4 Å². The van der Waals surface area contributed by atoms with Crippen molar-refractivity contribution < 1.29 is 41.7 Å². The third-order valence-corrected chi connectivity index (χ3v) is 9.75. The van der Waals surface area contributed by atoms with Crippen LogP contribution in [0.3, 0.4) is 0 Å². The zero-order chi connectivity index (χ0) is 32.0. The lowest BCUT2D eigenvalue weighted by Crippen LogP contribution is -2.50. The lowest BCUT2D eigenvalue weighted by molar-refractivity contribution is -0.122. The molecule has 44 heavy (non-hydrogen) atoms. The molecule has 2 aliphatic heterocycles. The average Bonchev–Trinajstić information content (AvgIpc) is 3.31. The monoisotopic (exact) mass is 636 g/mol. The van der Waals surface area contributed by atoms with Gasteiger partial charge in [-0.2, -0.15) is 0 Å². The number of aromatic nitrogens is 1. The van der Waals surface area contributed by atoms with E-state index in [2.05, 4.69) is 10.6 Å². The highest BCUT2D eigenvalue weighted by atomic mass is 32.2. The Balaban J connectivity index is 0.00000141. The van der Waals surface area contributed by atoms with E-state index in [9.17, 15) is 27.1 Å². The molecular formula is C30H38F2N4O7S. The van der Waals surface area contributed by atoms with E-state index >= 15 is 0 Å². The average molecular weight is 637 g/mol. The fraction of sp³-hybridized carbons (Fsp3) is 0.467. The SMILES string of the molecule is CCc1cn2c3c(cc(C(=O)N[C@@H](Cc4cc(F)cc(F)c4)[C@H](O)CNC4CCOCC4)cc13)N(C)S(=O)(=O)CC2.O=CO. The molecule has 2 aliphatic rings. The van der Waals surface area contributed by atoms with Gasteiger partial charge < -0.3 is 30.2 Å². The van der Waals surface area contributed by atoms with E-state index < -0.39 is 39.7 Å². The van der Waals surface area contributed by atoms with Gasteiger partial charge in [0.15, 0.2) is 0 Å². The number of nitrogens with one attached hydrogen (secondary N) is 2. The Morgan fingerprint density at radius 2 is 1.82 bits per heavy atom. The first-order valence-electron chi connectivity index (χ1n) is 14.4. The first kappa shape index (κ1) is 33.3. The molecule has 5 rings (SSSR count). The van der Waals surface area contributed by atoms with E-state index in [0.29, 0.717) is 31.9 Å². The largest absolute Gasteiger partial charge is 0.483 e. The van der Waals surface area contributed by atoms with Crippen molar-refractivity contribution in [3.63, 3.8) is 0 Å². The third-order valence-electron chi connectivity index (χ3n) is 8.02. The quantitative estimate of drug-likeness (QED) is 0.262. The Morgan fingerprint density at radius 3 is 2.45 bits per heavy atom. The summed E-state index contributed by atoms with van der Waals surface area (Å²) in [6.07, 6.45) is 3.10. The van der Waals surface area contributed by atoms with Gasteiger partial charge in [0.2, 0.25) is 10.0 Å². The highest BCUT2D eigenvalue weighted by molar-refractivity contribution is 7.92. The van der Waals surface area contributed by atoms with Crippen molar-refractivity contribution in [3.8, 4) is 0 Å². The molecule has 0 aliphatic carbocycles. The summed E-state index contributed by atoms with van der Waals surface area (Å²) in [5, 5.41) is 25.0. The molecule has 14 heteroatoms. The van der Waals surface area contributed by atoms with Crippen molar-refractivity contribution in [2.75, 3.05) is 36.9 Å². The number of aryl methyl sites for hydroxylation is 2. The lowest BCUT2D eigenvalue weighted by Gasteiger charge is -2.28. The van der Waals surface area contributed by atoms with E-state index in [0.717, 1.165) is 35.4 Å². The van der Waals surface area contributed by atoms with Crippen LogP contribution in [0.25, 0.3) is 10.9 Å². The Morgan fingerprint density at radius 1 is 1.16 bits per heavy atom. The molecule has 0 unspecified atom stereocenters. The molecular weight excluding hydrogens is 598 g/mol. The van der Waals surface area contributed by atoms with Gasteiger partial charge >= 0.3 is 0 Å². The molecule has 0 saturated carbocycles. The minimum Gasteiger partial charge on any atom is -0.483 e. The zero-order valence-corrected chi connectivity index (χ0v) is 25.4.